The lowest BCUT2D eigenvalue weighted by Gasteiger charge is -2.21. The van der Waals surface area contributed by atoms with Crippen molar-refractivity contribution < 1.29 is 9.53 Å². The van der Waals surface area contributed by atoms with Gasteiger partial charge in [0.1, 0.15) is 23.1 Å². The molecule has 1 saturated carbocycles. The summed E-state index contributed by atoms with van der Waals surface area (Å²) < 4.78 is 5.67. The molecule has 0 unspecified atom stereocenters. The van der Waals surface area contributed by atoms with Gasteiger partial charge in [-0.2, -0.15) is 0 Å². The number of ether oxygens (including phenoxy) is 1. The largest absolute Gasteiger partial charge is 0.459 e. The summed E-state index contributed by atoms with van der Waals surface area (Å²) in [7, 11) is 0. The van der Waals surface area contributed by atoms with E-state index in [0.29, 0.717) is 5.56 Å². The fourth-order valence-corrected chi connectivity index (χ4v) is 5.64. The summed E-state index contributed by atoms with van der Waals surface area (Å²) >= 11 is 1.79. The van der Waals surface area contributed by atoms with Gasteiger partial charge in [-0.05, 0) is 81.2 Å². The van der Waals surface area contributed by atoms with Crippen LogP contribution in [0.5, 0.6) is 0 Å². The molecule has 0 radical (unpaired) electrons. The van der Waals surface area contributed by atoms with Crippen LogP contribution in [0.1, 0.15) is 65.7 Å². The number of carbonyl (C=O) groups is 1. The average molecular weight is 408 g/mol. The van der Waals surface area contributed by atoms with E-state index in [1.54, 1.807) is 17.7 Å². The van der Waals surface area contributed by atoms with Gasteiger partial charge in [0.15, 0.2) is 0 Å². The molecule has 5 rings (SSSR count). The van der Waals surface area contributed by atoms with Gasteiger partial charge >= 0.3 is 5.97 Å². The second-order valence-corrected chi connectivity index (χ2v) is 9.06. The molecule has 1 N–H and O–H groups in total. The molecule has 2 aliphatic rings. The lowest BCUT2D eigenvalue weighted by Crippen LogP contribution is -2.20. The predicted octanol–water partition coefficient (Wildman–Crippen LogP) is 5.80. The smallest absolute Gasteiger partial charge is 0.338 e. The Balaban J connectivity index is 1.33. The summed E-state index contributed by atoms with van der Waals surface area (Å²) in [5.41, 5.74) is 2.92. The molecule has 150 valence electrons. The molecule has 1 aromatic carbocycles. The zero-order valence-corrected chi connectivity index (χ0v) is 17.3. The first-order chi connectivity index (χ1) is 14.3. The molecular weight excluding hydrogens is 382 g/mol. The van der Waals surface area contributed by atoms with E-state index in [1.807, 2.05) is 24.3 Å². The highest BCUT2D eigenvalue weighted by atomic mass is 32.1. The fourth-order valence-electron chi connectivity index (χ4n) is 4.41. The van der Waals surface area contributed by atoms with Crippen LogP contribution in [0.2, 0.25) is 0 Å². The van der Waals surface area contributed by atoms with E-state index in [4.69, 9.17) is 4.74 Å². The second kappa shape index (κ2) is 8.11. The molecule has 0 saturated heterocycles. The Kier molecular flexibility index (Phi) is 5.19. The van der Waals surface area contributed by atoms with Crippen molar-refractivity contribution in [3.8, 4) is 0 Å². The molecule has 0 atom stereocenters. The quantitative estimate of drug-likeness (QED) is 0.554. The van der Waals surface area contributed by atoms with Gasteiger partial charge in [0.05, 0.1) is 10.9 Å². The minimum atomic E-state index is -0.222. The molecule has 29 heavy (non-hydrogen) atoms. The van der Waals surface area contributed by atoms with Crippen LogP contribution in [0, 0.1) is 0 Å². The van der Waals surface area contributed by atoms with Crippen molar-refractivity contribution >= 4 is 39.0 Å². The first-order valence-electron chi connectivity index (χ1n) is 10.6. The van der Waals surface area contributed by atoms with Crippen molar-refractivity contribution in [1.29, 1.82) is 0 Å². The lowest BCUT2D eigenvalue weighted by molar-refractivity contribution is 0.0211. The molecule has 2 aromatic heterocycles. The summed E-state index contributed by atoms with van der Waals surface area (Å²) in [6.45, 7) is 0. The maximum atomic E-state index is 12.4. The number of nitrogens with one attached hydrogen (secondary N) is 1. The molecule has 5 nitrogen and oxygen atoms in total. The van der Waals surface area contributed by atoms with Gasteiger partial charge in [0, 0.05) is 10.6 Å². The number of aryl methyl sites for hydroxylation is 2. The summed E-state index contributed by atoms with van der Waals surface area (Å²) in [5.74, 6) is 0.631. The molecule has 6 heteroatoms. The van der Waals surface area contributed by atoms with E-state index in [2.05, 4.69) is 15.3 Å². The fraction of sp³-hybridized carbons (Fsp3) is 0.435. The highest BCUT2D eigenvalue weighted by Crippen LogP contribution is 2.38. The number of fused-ring (bicyclic) bond motifs is 3. The standard InChI is InChI=1S/C23H25N3O2S/c27-23(28-17-6-2-1-3-7-17)15-10-12-16(13-11-15)26-21-20-18-8-4-5-9-19(18)29-22(20)25-14-24-21/h10-14,17H,1-9H2,(H,24,25,26). The minimum Gasteiger partial charge on any atom is -0.459 e. The van der Waals surface area contributed by atoms with Crippen molar-refractivity contribution in [3.63, 3.8) is 0 Å². The Hall–Kier alpha value is -2.47. The molecular formula is C23H25N3O2S. The predicted molar refractivity (Wildman–Crippen MR) is 116 cm³/mol. The van der Waals surface area contributed by atoms with E-state index in [0.717, 1.165) is 60.2 Å². The van der Waals surface area contributed by atoms with Crippen molar-refractivity contribution in [3.05, 3.63) is 46.6 Å². The van der Waals surface area contributed by atoms with Crippen LogP contribution in [0.4, 0.5) is 11.5 Å². The Labute approximate surface area is 174 Å². The van der Waals surface area contributed by atoms with E-state index >= 15 is 0 Å². The van der Waals surface area contributed by atoms with E-state index in [-0.39, 0.29) is 12.1 Å². The molecule has 0 spiro atoms. The van der Waals surface area contributed by atoms with E-state index < -0.39 is 0 Å². The zero-order valence-electron chi connectivity index (χ0n) is 16.4. The molecule has 0 aliphatic heterocycles. The SMILES string of the molecule is O=C(OC1CCCCC1)c1ccc(Nc2ncnc3sc4c(c23)CCCC4)cc1. The summed E-state index contributed by atoms with van der Waals surface area (Å²) in [6, 6.07) is 7.50. The summed E-state index contributed by atoms with van der Waals surface area (Å²) in [5, 5.41) is 4.59. The number of anilines is 2. The number of thiophene rings is 1. The number of nitrogens with zero attached hydrogens (tertiary/aromatic N) is 2. The van der Waals surface area contributed by atoms with Crippen LogP contribution in [0.3, 0.4) is 0 Å². The first kappa shape index (κ1) is 18.6. The normalized spacial score (nSPS) is 17.1. The number of esters is 1. The van der Waals surface area contributed by atoms with Gasteiger partial charge in [-0.1, -0.05) is 6.42 Å². The third-order valence-corrected chi connectivity index (χ3v) is 7.16. The minimum absolute atomic E-state index is 0.0770. The number of benzene rings is 1. The topological polar surface area (TPSA) is 64.1 Å². The Morgan fingerprint density at radius 2 is 1.79 bits per heavy atom. The highest BCUT2D eigenvalue weighted by molar-refractivity contribution is 7.19. The maximum Gasteiger partial charge on any atom is 0.338 e. The maximum absolute atomic E-state index is 12.4. The molecule has 2 heterocycles. The van der Waals surface area contributed by atoms with Gasteiger partial charge in [-0.15, -0.1) is 11.3 Å². The number of carbonyl (C=O) groups excluding carboxylic acids is 1. The zero-order chi connectivity index (χ0) is 19.6. The van der Waals surface area contributed by atoms with Gasteiger partial charge < -0.3 is 10.1 Å². The monoisotopic (exact) mass is 407 g/mol. The Morgan fingerprint density at radius 1 is 1.00 bits per heavy atom. The van der Waals surface area contributed by atoms with Crippen molar-refractivity contribution in [2.24, 2.45) is 0 Å². The molecule has 0 amide bonds. The Bertz CT molecular complexity index is 1020. The molecule has 1 fully saturated rings. The highest BCUT2D eigenvalue weighted by Gasteiger charge is 2.21. The van der Waals surface area contributed by atoms with Crippen molar-refractivity contribution in [2.75, 3.05) is 5.32 Å². The van der Waals surface area contributed by atoms with E-state index in [9.17, 15) is 4.79 Å². The van der Waals surface area contributed by atoms with Gasteiger partial charge in [0.2, 0.25) is 0 Å². The van der Waals surface area contributed by atoms with Crippen LogP contribution in [0.15, 0.2) is 30.6 Å². The number of aromatic nitrogens is 2. The lowest BCUT2D eigenvalue weighted by atomic mass is 9.97. The number of hydrogen-bond acceptors (Lipinski definition) is 6. The first-order valence-corrected chi connectivity index (χ1v) is 11.4. The van der Waals surface area contributed by atoms with Gasteiger partial charge in [-0.3, -0.25) is 0 Å². The number of rotatable bonds is 4. The Morgan fingerprint density at radius 3 is 2.62 bits per heavy atom. The third-order valence-electron chi connectivity index (χ3n) is 5.96. The average Bonchev–Trinajstić information content (AvgIpc) is 3.14. The molecule has 2 aliphatic carbocycles. The number of hydrogen-bond donors (Lipinski definition) is 1. The van der Waals surface area contributed by atoms with Crippen LogP contribution in [-0.4, -0.2) is 22.0 Å². The van der Waals surface area contributed by atoms with Crippen LogP contribution < -0.4 is 5.32 Å². The third kappa shape index (κ3) is 3.86. The van der Waals surface area contributed by atoms with Gasteiger partial charge in [-0.25, -0.2) is 14.8 Å². The van der Waals surface area contributed by atoms with Gasteiger partial charge in [0.25, 0.3) is 0 Å². The van der Waals surface area contributed by atoms with E-state index in [1.165, 1.54) is 29.7 Å². The second-order valence-electron chi connectivity index (χ2n) is 7.98. The van der Waals surface area contributed by atoms with Crippen LogP contribution in [0.25, 0.3) is 10.2 Å². The molecule has 3 aromatic rings. The molecule has 0 bridgehead atoms. The van der Waals surface area contributed by atoms with Crippen LogP contribution >= 0.6 is 11.3 Å². The van der Waals surface area contributed by atoms with Crippen LogP contribution in [-0.2, 0) is 17.6 Å². The van der Waals surface area contributed by atoms with Crippen molar-refractivity contribution in [2.45, 2.75) is 63.9 Å². The summed E-state index contributed by atoms with van der Waals surface area (Å²) in [6.07, 6.45) is 12.0. The van der Waals surface area contributed by atoms with Crippen molar-refractivity contribution in [1.82, 2.24) is 9.97 Å². The summed E-state index contributed by atoms with van der Waals surface area (Å²) in [4.78, 5) is 23.9.